The summed E-state index contributed by atoms with van der Waals surface area (Å²) < 4.78 is 33.4. The summed E-state index contributed by atoms with van der Waals surface area (Å²) in [4.78, 5) is 14.2. The summed E-state index contributed by atoms with van der Waals surface area (Å²) >= 11 is 3.50. The first-order chi connectivity index (χ1) is 18.1. The van der Waals surface area contributed by atoms with Crippen LogP contribution in [0.1, 0.15) is 42.1 Å². The minimum absolute atomic E-state index is 0.241. The number of hydrogen-bond donors (Lipinski definition) is 2. The van der Waals surface area contributed by atoms with Crippen LogP contribution < -0.4 is 19.5 Å². The van der Waals surface area contributed by atoms with Gasteiger partial charge in [-0.3, -0.25) is 0 Å². The summed E-state index contributed by atoms with van der Waals surface area (Å²) in [6, 6.07) is 16.3. The van der Waals surface area contributed by atoms with Gasteiger partial charge in [-0.1, -0.05) is 40.2 Å². The van der Waals surface area contributed by atoms with Crippen LogP contribution in [0.25, 0.3) is 0 Å². The number of rotatable bonds is 5. The fourth-order valence-electron chi connectivity index (χ4n) is 4.99. The summed E-state index contributed by atoms with van der Waals surface area (Å²) in [5.74, 6) is 0.304. The number of nitrogens with one attached hydrogen (secondary N) is 1. The Labute approximate surface area is 230 Å². The molecule has 2 amide bonds. The van der Waals surface area contributed by atoms with Crippen LogP contribution in [0.5, 0.6) is 17.2 Å². The second-order valence-electron chi connectivity index (χ2n) is 9.70. The van der Waals surface area contributed by atoms with E-state index in [0.29, 0.717) is 28.4 Å². The second kappa shape index (κ2) is 11.2. The number of methoxy groups -OCH3 is 2. The number of ether oxygens (including phenoxy) is 3. The molecule has 1 heterocycles. The number of hydrogen-bond acceptors (Lipinski definition) is 5. The van der Waals surface area contributed by atoms with Crippen LogP contribution in [0, 0.1) is 5.82 Å². The highest BCUT2D eigenvalue weighted by atomic mass is 79.9. The van der Waals surface area contributed by atoms with E-state index in [4.69, 9.17) is 14.2 Å². The number of benzene rings is 3. The van der Waals surface area contributed by atoms with E-state index < -0.39 is 23.7 Å². The summed E-state index contributed by atoms with van der Waals surface area (Å²) in [7, 11) is 6.29. The van der Waals surface area contributed by atoms with E-state index in [-0.39, 0.29) is 18.3 Å². The Morgan fingerprint density at radius 2 is 1.84 bits per heavy atom. The molecule has 202 valence electrons. The Morgan fingerprint density at radius 3 is 2.45 bits per heavy atom. The Hall–Kier alpha value is -3.30. The van der Waals surface area contributed by atoms with Gasteiger partial charge in [-0.2, -0.15) is 0 Å². The molecule has 0 aliphatic carbocycles. The molecule has 0 spiro atoms. The van der Waals surface area contributed by atoms with Crippen LogP contribution in [0.4, 0.5) is 9.18 Å². The fourth-order valence-corrected chi connectivity index (χ4v) is 5.26. The molecule has 1 aliphatic rings. The predicted octanol–water partition coefficient (Wildman–Crippen LogP) is 5.76. The molecule has 3 aromatic rings. The zero-order chi connectivity index (χ0) is 27.6. The van der Waals surface area contributed by atoms with Crippen molar-refractivity contribution in [3.05, 3.63) is 87.6 Å². The third kappa shape index (κ3) is 5.44. The maximum Gasteiger partial charge on any atom is 0.317 e. The van der Waals surface area contributed by atoms with E-state index in [1.807, 2.05) is 37.3 Å². The van der Waals surface area contributed by atoms with Crippen LogP contribution in [0.3, 0.4) is 0 Å². The minimum atomic E-state index is -1.19. The van der Waals surface area contributed by atoms with Crippen LogP contribution >= 0.6 is 15.9 Å². The number of fused-ring (bicyclic) bond motifs is 1. The van der Waals surface area contributed by atoms with Gasteiger partial charge in [0.05, 0.1) is 25.8 Å². The molecule has 9 heteroatoms. The van der Waals surface area contributed by atoms with Gasteiger partial charge in [0, 0.05) is 36.6 Å². The maximum absolute atomic E-state index is 14.5. The van der Waals surface area contributed by atoms with Crippen molar-refractivity contribution >= 4 is 22.0 Å². The molecule has 3 aromatic carbocycles. The average Bonchev–Trinajstić information content (AvgIpc) is 2.89. The molecule has 0 saturated carbocycles. The zero-order valence-corrected chi connectivity index (χ0v) is 23.6. The van der Waals surface area contributed by atoms with E-state index in [0.717, 1.165) is 10.0 Å². The first-order valence-corrected chi connectivity index (χ1v) is 13.0. The van der Waals surface area contributed by atoms with Gasteiger partial charge in [0.25, 0.3) is 0 Å². The molecule has 38 heavy (non-hydrogen) atoms. The molecule has 1 aliphatic heterocycles. The van der Waals surface area contributed by atoms with Crippen LogP contribution in [-0.2, 0) is 5.60 Å². The standard InChI is InChI=1S/C29H32BrFN2O5/c1-29(18-9-11-19(30)12-10-18)22(17-7-6-8-20(31)13-17)16-23(32-28(35)33(2)3)27(34)26-24(37-5)14-21(36-4)15-25(26)38-29/h6-15,22-23,27,34H,16H2,1-5H3,(H,32,35)/t22-,23-,27+,29-/m0/s1. The second-order valence-corrected chi connectivity index (χ2v) is 10.6. The number of urea groups is 1. The maximum atomic E-state index is 14.5. The summed E-state index contributed by atoms with van der Waals surface area (Å²) in [6.45, 7) is 1.93. The lowest BCUT2D eigenvalue weighted by Crippen LogP contribution is -2.49. The molecule has 7 nitrogen and oxygen atoms in total. The molecule has 0 unspecified atom stereocenters. The molecule has 4 rings (SSSR count). The highest BCUT2D eigenvalue weighted by Gasteiger charge is 2.46. The Balaban J connectivity index is 2.01. The van der Waals surface area contributed by atoms with Gasteiger partial charge in [0.1, 0.15) is 34.8 Å². The van der Waals surface area contributed by atoms with E-state index >= 15 is 0 Å². The molecule has 0 aromatic heterocycles. The largest absolute Gasteiger partial charge is 0.496 e. The van der Waals surface area contributed by atoms with Crippen LogP contribution in [0.2, 0.25) is 0 Å². The minimum Gasteiger partial charge on any atom is -0.496 e. The van der Waals surface area contributed by atoms with Gasteiger partial charge in [0.15, 0.2) is 0 Å². The lowest BCUT2D eigenvalue weighted by molar-refractivity contribution is 0.0155. The molecule has 2 N–H and O–H groups in total. The van der Waals surface area contributed by atoms with E-state index in [1.165, 1.54) is 31.3 Å². The van der Waals surface area contributed by atoms with Crippen molar-refractivity contribution in [1.29, 1.82) is 0 Å². The summed E-state index contributed by atoms with van der Waals surface area (Å²) in [5, 5.41) is 14.7. The van der Waals surface area contributed by atoms with Gasteiger partial charge in [-0.05, 0) is 48.7 Å². The highest BCUT2D eigenvalue weighted by Crippen LogP contribution is 2.51. The quantitative estimate of drug-likeness (QED) is 0.397. The molecule has 0 bridgehead atoms. The van der Waals surface area contributed by atoms with E-state index in [9.17, 15) is 14.3 Å². The Morgan fingerprint density at radius 1 is 1.13 bits per heavy atom. The summed E-state index contributed by atoms with van der Waals surface area (Å²) in [5.41, 5.74) is 0.835. The van der Waals surface area contributed by atoms with Crippen LogP contribution in [-0.4, -0.2) is 50.4 Å². The third-order valence-electron chi connectivity index (χ3n) is 7.07. The smallest absolute Gasteiger partial charge is 0.317 e. The monoisotopic (exact) mass is 586 g/mol. The third-order valence-corrected chi connectivity index (χ3v) is 7.60. The molecule has 0 fully saturated rings. The number of carbonyl (C=O) groups is 1. The SMILES string of the molecule is COc1cc(OC)c2c(c1)O[C@@](C)(c1ccc(Br)cc1)[C@H](c1cccc(F)c1)C[C@H](NC(=O)N(C)C)[C@H]2O. The number of nitrogens with zero attached hydrogens (tertiary/aromatic N) is 1. The number of halogens is 2. The van der Waals surface area contributed by atoms with Crippen molar-refractivity contribution in [1.82, 2.24) is 10.2 Å². The van der Waals surface area contributed by atoms with Crippen molar-refractivity contribution in [3.63, 3.8) is 0 Å². The van der Waals surface area contributed by atoms with Gasteiger partial charge >= 0.3 is 6.03 Å². The van der Waals surface area contributed by atoms with Gasteiger partial charge in [-0.15, -0.1) is 0 Å². The van der Waals surface area contributed by atoms with Crippen molar-refractivity contribution in [2.75, 3.05) is 28.3 Å². The molecular formula is C29H32BrFN2O5. The molecular weight excluding hydrogens is 555 g/mol. The topological polar surface area (TPSA) is 80.3 Å². The van der Waals surface area contributed by atoms with Gasteiger partial charge < -0.3 is 29.5 Å². The van der Waals surface area contributed by atoms with E-state index in [1.54, 1.807) is 32.3 Å². The van der Waals surface area contributed by atoms with Crippen molar-refractivity contribution in [2.45, 2.75) is 37.0 Å². The number of amides is 2. The number of aliphatic hydroxyl groups excluding tert-OH is 1. The average molecular weight is 587 g/mol. The fraction of sp³-hybridized carbons (Fsp3) is 0.345. The van der Waals surface area contributed by atoms with Crippen molar-refractivity contribution in [2.24, 2.45) is 0 Å². The first kappa shape index (κ1) is 27.7. The zero-order valence-electron chi connectivity index (χ0n) is 22.0. The van der Waals surface area contributed by atoms with Crippen molar-refractivity contribution < 1.29 is 28.5 Å². The van der Waals surface area contributed by atoms with E-state index in [2.05, 4.69) is 21.2 Å². The van der Waals surface area contributed by atoms with Gasteiger partial charge in [-0.25, -0.2) is 9.18 Å². The molecule has 4 atom stereocenters. The lowest BCUT2D eigenvalue weighted by Gasteiger charge is -2.44. The van der Waals surface area contributed by atoms with Gasteiger partial charge in [0.2, 0.25) is 0 Å². The number of carbonyl (C=O) groups excluding carboxylic acids is 1. The Kier molecular flexibility index (Phi) is 8.18. The number of aliphatic hydroxyl groups is 1. The molecule has 0 radical (unpaired) electrons. The predicted molar refractivity (Wildman–Crippen MR) is 146 cm³/mol. The highest BCUT2D eigenvalue weighted by molar-refractivity contribution is 9.10. The lowest BCUT2D eigenvalue weighted by atomic mass is 9.73. The van der Waals surface area contributed by atoms with Crippen LogP contribution in [0.15, 0.2) is 65.1 Å². The normalized spacial score (nSPS) is 22.8. The Bertz CT molecular complexity index is 1300. The first-order valence-electron chi connectivity index (χ1n) is 12.2. The van der Waals surface area contributed by atoms with Crippen molar-refractivity contribution in [3.8, 4) is 17.2 Å². The summed E-state index contributed by atoms with van der Waals surface area (Å²) in [6.07, 6.45) is -0.953. The molecule has 0 saturated heterocycles.